The molecule has 1 atom stereocenters. The highest BCUT2D eigenvalue weighted by atomic mass is 16.5. The molecule has 0 aromatic carbocycles. The minimum atomic E-state index is -0.785. The third-order valence-electron chi connectivity index (χ3n) is 2.39. The van der Waals surface area contributed by atoms with Crippen molar-refractivity contribution in [2.75, 3.05) is 33.8 Å². The topological polar surface area (TPSA) is 87.7 Å². The van der Waals surface area contributed by atoms with Crippen molar-refractivity contribution in [1.82, 2.24) is 15.5 Å². The first-order valence-electron chi connectivity index (χ1n) is 5.72. The molecular weight excluding hydrogens is 238 g/mol. The predicted molar refractivity (Wildman–Crippen MR) is 65.8 cm³/mol. The van der Waals surface area contributed by atoms with Gasteiger partial charge in [-0.05, 0) is 6.92 Å². The fourth-order valence-electron chi connectivity index (χ4n) is 1.22. The highest BCUT2D eigenvalue weighted by Crippen LogP contribution is 1.88. The quantitative estimate of drug-likeness (QED) is 0.557. The van der Waals surface area contributed by atoms with Gasteiger partial charge in [0.15, 0.2) is 0 Å². The number of carbonyl (C=O) groups excluding carboxylic acids is 3. The molecule has 0 aliphatic heterocycles. The molecule has 104 valence electrons. The van der Waals surface area contributed by atoms with Crippen LogP contribution in [0, 0.1) is 0 Å². The smallest absolute Gasteiger partial charge is 0.329 e. The lowest BCUT2D eigenvalue weighted by Gasteiger charge is -2.18. The molecule has 0 saturated carbocycles. The van der Waals surface area contributed by atoms with Crippen molar-refractivity contribution in [1.29, 1.82) is 0 Å². The van der Waals surface area contributed by atoms with Gasteiger partial charge in [0.25, 0.3) is 0 Å². The summed E-state index contributed by atoms with van der Waals surface area (Å²) in [6.07, 6.45) is 0. The van der Waals surface area contributed by atoms with Gasteiger partial charge >= 0.3 is 5.97 Å². The summed E-state index contributed by atoms with van der Waals surface area (Å²) in [5, 5.41) is 5.26. The average molecular weight is 259 g/mol. The van der Waals surface area contributed by atoms with Gasteiger partial charge in [0.05, 0.1) is 13.7 Å². The summed E-state index contributed by atoms with van der Waals surface area (Å²) < 4.78 is 4.55. The van der Waals surface area contributed by atoms with E-state index in [1.165, 1.54) is 14.0 Å². The molecular formula is C11H21N3O4. The van der Waals surface area contributed by atoms with Crippen LogP contribution in [-0.2, 0) is 19.1 Å². The predicted octanol–water partition coefficient (Wildman–Crippen LogP) is -1.27. The summed E-state index contributed by atoms with van der Waals surface area (Å²) >= 11 is 0. The summed E-state index contributed by atoms with van der Waals surface area (Å²) in [7, 11) is 2.93. The van der Waals surface area contributed by atoms with Gasteiger partial charge in [-0.1, -0.05) is 0 Å². The van der Waals surface area contributed by atoms with Gasteiger partial charge in [-0.15, -0.1) is 0 Å². The van der Waals surface area contributed by atoms with Crippen molar-refractivity contribution >= 4 is 17.8 Å². The number of hydrogen-bond acceptors (Lipinski definition) is 5. The number of methoxy groups -OCH3 is 1. The van der Waals surface area contributed by atoms with Crippen molar-refractivity contribution in [3.63, 3.8) is 0 Å². The van der Waals surface area contributed by atoms with Gasteiger partial charge in [0.2, 0.25) is 11.8 Å². The minimum Gasteiger partial charge on any atom is -0.467 e. The van der Waals surface area contributed by atoms with Crippen LogP contribution in [0.2, 0.25) is 0 Å². The summed E-state index contributed by atoms with van der Waals surface area (Å²) in [5.74, 6) is -0.956. The van der Waals surface area contributed by atoms with Gasteiger partial charge in [-0.2, -0.15) is 0 Å². The van der Waals surface area contributed by atoms with Crippen LogP contribution in [0.3, 0.4) is 0 Å². The molecule has 0 saturated heterocycles. The van der Waals surface area contributed by atoms with Crippen LogP contribution >= 0.6 is 0 Å². The van der Waals surface area contributed by atoms with E-state index >= 15 is 0 Å². The van der Waals surface area contributed by atoms with E-state index in [9.17, 15) is 14.4 Å². The lowest BCUT2D eigenvalue weighted by molar-refractivity contribution is -0.144. The largest absolute Gasteiger partial charge is 0.467 e. The van der Waals surface area contributed by atoms with Crippen LogP contribution in [0.4, 0.5) is 0 Å². The van der Waals surface area contributed by atoms with Crippen molar-refractivity contribution in [2.24, 2.45) is 0 Å². The minimum absolute atomic E-state index is 0.0797. The zero-order valence-corrected chi connectivity index (χ0v) is 11.3. The van der Waals surface area contributed by atoms with Crippen molar-refractivity contribution in [3.05, 3.63) is 0 Å². The van der Waals surface area contributed by atoms with E-state index in [0.717, 1.165) is 0 Å². The maximum Gasteiger partial charge on any atom is 0.329 e. The third-order valence-corrected chi connectivity index (χ3v) is 2.39. The third kappa shape index (κ3) is 6.19. The van der Waals surface area contributed by atoms with E-state index in [2.05, 4.69) is 15.4 Å². The highest BCUT2D eigenvalue weighted by molar-refractivity contribution is 5.83. The molecule has 0 aromatic rings. The zero-order chi connectivity index (χ0) is 14.1. The number of amides is 2. The molecule has 0 radical (unpaired) electrons. The second-order valence-electron chi connectivity index (χ2n) is 3.82. The fraction of sp³-hybridized carbons (Fsp3) is 0.727. The number of esters is 1. The van der Waals surface area contributed by atoms with E-state index in [1.807, 2.05) is 6.92 Å². The maximum absolute atomic E-state index is 11.5. The van der Waals surface area contributed by atoms with Crippen LogP contribution in [0.15, 0.2) is 0 Å². The number of likely N-dealkylation sites (N-methyl/N-ethyl adjacent to an activating group) is 1. The Kier molecular flexibility index (Phi) is 7.69. The molecule has 1 unspecified atom stereocenters. The molecule has 2 amide bonds. The van der Waals surface area contributed by atoms with Crippen molar-refractivity contribution in [3.8, 4) is 0 Å². The molecule has 7 heteroatoms. The van der Waals surface area contributed by atoms with Crippen LogP contribution in [0.1, 0.15) is 13.8 Å². The standard InChI is InChI=1S/C11H21N3O4/c1-5-14(3)10(16)7-12-6-9(11(17)18-4)13-8(2)15/h9,12H,5-7H2,1-4H3,(H,13,15). The normalized spacial score (nSPS) is 11.6. The number of rotatable bonds is 7. The second-order valence-corrected chi connectivity index (χ2v) is 3.82. The summed E-state index contributed by atoms with van der Waals surface area (Å²) in [4.78, 5) is 35.3. The SMILES string of the molecule is CCN(C)C(=O)CNCC(NC(C)=O)C(=O)OC. The van der Waals surface area contributed by atoms with Gasteiger partial charge in [-0.25, -0.2) is 4.79 Å². The van der Waals surface area contributed by atoms with Crippen molar-refractivity contribution < 1.29 is 19.1 Å². The number of nitrogens with one attached hydrogen (secondary N) is 2. The average Bonchev–Trinajstić information content (AvgIpc) is 2.34. The fourth-order valence-corrected chi connectivity index (χ4v) is 1.22. The molecule has 18 heavy (non-hydrogen) atoms. The molecule has 0 aromatic heterocycles. The molecule has 0 spiro atoms. The van der Waals surface area contributed by atoms with E-state index in [1.54, 1.807) is 11.9 Å². The lowest BCUT2D eigenvalue weighted by atomic mass is 10.3. The Hall–Kier alpha value is -1.63. The second kappa shape index (κ2) is 8.46. The number of ether oxygens (including phenoxy) is 1. The van der Waals surface area contributed by atoms with Crippen molar-refractivity contribution in [2.45, 2.75) is 19.9 Å². The highest BCUT2D eigenvalue weighted by Gasteiger charge is 2.20. The molecule has 7 nitrogen and oxygen atoms in total. The molecule has 2 N–H and O–H groups in total. The van der Waals surface area contributed by atoms with Gasteiger partial charge in [-0.3, -0.25) is 9.59 Å². The Morgan fingerprint density at radius 3 is 2.39 bits per heavy atom. The molecule has 0 aliphatic rings. The van der Waals surface area contributed by atoms with Crippen LogP contribution < -0.4 is 10.6 Å². The van der Waals surface area contributed by atoms with Crippen LogP contribution in [0.25, 0.3) is 0 Å². The number of hydrogen-bond donors (Lipinski definition) is 2. The first-order chi connectivity index (χ1) is 8.42. The Morgan fingerprint density at radius 2 is 1.94 bits per heavy atom. The monoisotopic (exact) mass is 259 g/mol. The van der Waals surface area contributed by atoms with E-state index in [-0.39, 0.29) is 24.9 Å². The maximum atomic E-state index is 11.5. The Morgan fingerprint density at radius 1 is 1.33 bits per heavy atom. The zero-order valence-electron chi connectivity index (χ0n) is 11.3. The molecule has 0 bridgehead atoms. The van der Waals surface area contributed by atoms with Crippen LogP contribution in [0.5, 0.6) is 0 Å². The first kappa shape index (κ1) is 16.4. The van der Waals surface area contributed by atoms with Gasteiger partial charge in [0, 0.05) is 27.1 Å². The molecule has 0 aliphatic carbocycles. The van der Waals surface area contributed by atoms with E-state index in [4.69, 9.17) is 0 Å². The number of nitrogens with zero attached hydrogens (tertiary/aromatic N) is 1. The first-order valence-corrected chi connectivity index (χ1v) is 5.72. The van der Waals surface area contributed by atoms with Crippen LogP contribution in [-0.4, -0.2) is 62.5 Å². The molecule has 0 fully saturated rings. The molecule has 0 rings (SSSR count). The molecule has 0 heterocycles. The summed E-state index contributed by atoms with van der Waals surface area (Å²) in [6, 6.07) is -0.785. The Labute approximate surface area is 107 Å². The number of carbonyl (C=O) groups is 3. The van der Waals surface area contributed by atoms with E-state index < -0.39 is 12.0 Å². The van der Waals surface area contributed by atoms with Gasteiger partial charge in [0.1, 0.15) is 6.04 Å². The Balaban J connectivity index is 4.15. The Bertz CT molecular complexity index is 307. The van der Waals surface area contributed by atoms with E-state index in [0.29, 0.717) is 6.54 Å². The summed E-state index contributed by atoms with van der Waals surface area (Å²) in [6.45, 7) is 4.05. The summed E-state index contributed by atoms with van der Waals surface area (Å²) in [5.41, 5.74) is 0. The lowest BCUT2D eigenvalue weighted by Crippen LogP contribution is -2.48. The van der Waals surface area contributed by atoms with Gasteiger partial charge < -0.3 is 20.3 Å².